The molecular weight excluding hydrogens is 326 g/mol. The van der Waals surface area contributed by atoms with Crippen LogP contribution in [-0.4, -0.2) is 22.8 Å². The van der Waals surface area contributed by atoms with Crippen LogP contribution in [0, 0.1) is 0 Å². The molecule has 0 aliphatic heterocycles. The highest BCUT2D eigenvalue weighted by Crippen LogP contribution is 2.24. The largest absolute Gasteiger partial charge is 0.348 e. The van der Waals surface area contributed by atoms with Gasteiger partial charge in [0.25, 0.3) is 11.8 Å². The Labute approximate surface area is 154 Å². The number of carbonyl (C=O) groups excluding carboxylic acids is 2. The fourth-order valence-electron chi connectivity index (χ4n) is 3.33. The lowest BCUT2D eigenvalue weighted by Gasteiger charge is -2.14. The van der Waals surface area contributed by atoms with Crippen LogP contribution in [0.1, 0.15) is 71.9 Å². The number of anilines is 1. The zero-order valence-electron chi connectivity index (χ0n) is 15.3. The minimum Gasteiger partial charge on any atom is -0.348 e. The molecule has 5 nitrogen and oxygen atoms in total. The first-order valence-corrected chi connectivity index (χ1v) is 9.22. The van der Waals surface area contributed by atoms with Crippen LogP contribution < -0.4 is 10.6 Å². The second kappa shape index (κ2) is 8.13. The number of aromatic nitrogens is 1. The lowest BCUT2D eigenvalue weighted by atomic mass is 10.0. The number of hydrogen-bond donors (Lipinski definition) is 2. The maximum absolute atomic E-state index is 12.6. The van der Waals surface area contributed by atoms with Crippen LogP contribution in [0.3, 0.4) is 0 Å². The number of benzene rings is 1. The molecule has 0 radical (unpaired) electrons. The van der Waals surface area contributed by atoms with E-state index < -0.39 is 0 Å². The predicted molar refractivity (Wildman–Crippen MR) is 102 cm³/mol. The zero-order valence-corrected chi connectivity index (χ0v) is 15.3. The van der Waals surface area contributed by atoms with Crippen molar-refractivity contribution in [2.45, 2.75) is 51.5 Å². The van der Waals surface area contributed by atoms with Crippen molar-refractivity contribution in [3.63, 3.8) is 0 Å². The molecule has 2 aromatic rings. The third-order valence-electron chi connectivity index (χ3n) is 4.78. The summed E-state index contributed by atoms with van der Waals surface area (Å²) in [6.07, 6.45) is 5.83. The molecule has 1 aliphatic carbocycles. The van der Waals surface area contributed by atoms with Gasteiger partial charge >= 0.3 is 0 Å². The molecule has 136 valence electrons. The van der Waals surface area contributed by atoms with Gasteiger partial charge in [0.05, 0.1) is 0 Å². The molecule has 0 unspecified atom stereocenters. The van der Waals surface area contributed by atoms with Crippen molar-refractivity contribution in [2.24, 2.45) is 0 Å². The van der Waals surface area contributed by atoms with Gasteiger partial charge in [-0.05, 0) is 42.5 Å². The number of hydrogen-bond acceptors (Lipinski definition) is 3. The Morgan fingerprint density at radius 1 is 1.08 bits per heavy atom. The van der Waals surface area contributed by atoms with Gasteiger partial charge in [0.1, 0.15) is 5.69 Å². The van der Waals surface area contributed by atoms with Crippen LogP contribution in [0.2, 0.25) is 0 Å². The maximum Gasteiger partial charge on any atom is 0.270 e. The molecule has 2 amide bonds. The molecule has 1 saturated carbocycles. The molecule has 0 saturated heterocycles. The van der Waals surface area contributed by atoms with Gasteiger partial charge in [0.2, 0.25) is 0 Å². The molecular formula is C21H25N3O2. The van der Waals surface area contributed by atoms with E-state index in [9.17, 15) is 9.59 Å². The minimum atomic E-state index is -0.240. The monoisotopic (exact) mass is 351 g/mol. The third kappa shape index (κ3) is 4.28. The van der Waals surface area contributed by atoms with Gasteiger partial charge in [0, 0.05) is 23.5 Å². The lowest BCUT2D eigenvalue weighted by Crippen LogP contribution is -2.33. The average molecular weight is 351 g/mol. The summed E-state index contributed by atoms with van der Waals surface area (Å²) in [5, 5.41) is 5.95. The summed E-state index contributed by atoms with van der Waals surface area (Å²) in [6, 6.07) is 11.2. The van der Waals surface area contributed by atoms with E-state index in [1.54, 1.807) is 12.1 Å². The first kappa shape index (κ1) is 18.1. The van der Waals surface area contributed by atoms with E-state index in [2.05, 4.69) is 29.5 Å². The van der Waals surface area contributed by atoms with E-state index >= 15 is 0 Å². The van der Waals surface area contributed by atoms with Crippen molar-refractivity contribution in [1.82, 2.24) is 10.3 Å². The Morgan fingerprint density at radius 3 is 2.54 bits per heavy atom. The van der Waals surface area contributed by atoms with Crippen molar-refractivity contribution in [3.8, 4) is 0 Å². The Morgan fingerprint density at radius 2 is 1.81 bits per heavy atom. The van der Waals surface area contributed by atoms with Gasteiger partial charge in [-0.25, -0.2) is 0 Å². The smallest absolute Gasteiger partial charge is 0.270 e. The lowest BCUT2D eigenvalue weighted by molar-refractivity contribution is 0.0933. The van der Waals surface area contributed by atoms with Crippen LogP contribution >= 0.6 is 0 Å². The SMILES string of the molecule is CC(C)c1ccccc1NC(=O)c1ccnc(C(=O)NC2CCCC2)c1. The van der Waals surface area contributed by atoms with Gasteiger partial charge in [-0.2, -0.15) is 0 Å². The summed E-state index contributed by atoms with van der Waals surface area (Å²) < 4.78 is 0. The van der Waals surface area contributed by atoms with Crippen LogP contribution in [-0.2, 0) is 0 Å². The zero-order chi connectivity index (χ0) is 18.5. The van der Waals surface area contributed by atoms with Gasteiger partial charge in [-0.1, -0.05) is 44.9 Å². The van der Waals surface area contributed by atoms with Crippen molar-refractivity contribution in [2.75, 3.05) is 5.32 Å². The summed E-state index contributed by atoms with van der Waals surface area (Å²) in [5.74, 6) is -0.152. The van der Waals surface area contributed by atoms with Gasteiger partial charge in [-0.3, -0.25) is 14.6 Å². The summed E-state index contributed by atoms with van der Waals surface area (Å²) >= 11 is 0. The molecule has 26 heavy (non-hydrogen) atoms. The Kier molecular flexibility index (Phi) is 5.66. The second-order valence-electron chi connectivity index (χ2n) is 7.08. The second-order valence-corrected chi connectivity index (χ2v) is 7.08. The topological polar surface area (TPSA) is 71.1 Å². The van der Waals surface area contributed by atoms with E-state index in [4.69, 9.17) is 0 Å². The number of pyridine rings is 1. The van der Waals surface area contributed by atoms with E-state index in [-0.39, 0.29) is 23.6 Å². The number of nitrogens with one attached hydrogen (secondary N) is 2. The van der Waals surface area contributed by atoms with E-state index in [0.717, 1.165) is 36.9 Å². The molecule has 0 bridgehead atoms. The number of para-hydroxylation sites is 1. The summed E-state index contributed by atoms with van der Waals surface area (Å²) in [6.45, 7) is 4.17. The van der Waals surface area contributed by atoms with Crippen LogP contribution in [0.15, 0.2) is 42.6 Å². The fraction of sp³-hybridized carbons (Fsp3) is 0.381. The molecule has 1 aromatic carbocycles. The average Bonchev–Trinajstić information content (AvgIpc) is 3.15. The standard InChI is InChI=1S/C21H25N3O2/c1-14(2)17-9-5-6-10-18(17)24-20(25)15-11-12-22-19(13-15)21(26)23-16-7-3-4-8-16/h5-6,9-14,16H,3-4,7-8H2,1-2H3,(H,23,26)(H,24,25). The molecule has 5 heteroatoms. The highest BCUT2D eigenvalue weighted by atomic mass is 16.2. The Bertz CT molecular complexity index is 795. The Balaban J connectivity index is 1.73. The van der Waals surface area contributed by atoms with Crippen molar-refractivity contribution >= 4 is 17.5 Å². The summed E-state index contributed by atoms with van der Waals surface area (Å²) in [4.78, 5) is 29.1. The fourth-order valence-corrected chi connectivity index (χ4v) is 3.33. The van der Waals surface area contributed by atoms with E-state index in [0.29, 0.717) is 11.5 Å². The highest BCUT2D eigenvalue weighted by Gasteiger charge is 2.19. The molecule has 0 atom stereocenters. The quantitative estimate of drug-likeness (QED) is 0.851. The van der Waals surface area contributed by atoms with Crippen molar-refractivity contribution in [3.05, 3.63) is 59.4 Å². The number of amides is 2. The van der Waals surface area contributed by atoms with Crippen LogP contribution in [0.5, 0.6) is 0 Å². The highest BCUT2D eigenvalue weighted by molar-refractivity contribution is 6.06. The predicted octanol–water partition coefficient (Wildman–Crippen LogP) is 4.13. The molecule has 0 spiro atoms. The number of carbonyl (C=O) groups is 2. The molecule has 1 aliphatic rings. The number of nitrogens with zero attached hydrogens (tertiary/aromatic N) is 1. The van der Waals surface area contributed by atoms with Gasteiger partial charge in [0.15, 0.2) is 0 Å². The van der Waals surface area contributed by atoms with Crippen molar-refractivity contribution < 1.29 is 9.59 Å². The number of rotatable bonds is 5. The molecule has 3 rings (SSSR count). The normalized spacial score (nSPS) is 14.4. The van der Waals surface area contributed by atoms with Crippen molar-refractivity contribution in [1.29, 1.82) is 0 Å². The maximum atomic E-state index is 12.6. The first-order chi connectivity index (χ1) is 12.5. The molecule has 1 fully saturated rings. The van der Waals surface area contributed by atoms with Crippen LogP contribution in [0.4, 0.5) is 5.69 Å². The molecule has 1 aromatic heterocycles. The third-order valence-corrected chi connectivity index (χ3v) is 4.78. The Hall–Kier alpha value is -2.69. The van der Waals surface area contributed by atoms with E-state index in [1.165, 1.54) is 6.20 Å². The molecule has 2 N–H and O–H groups in total. The van der Waals surface area contributed by atoms with Gasteiger partial charge < -0.3 is 10.6 Å². The summed E-state index contributed by atoms with van der Waals surface area (Å²) in [7, 11) is 0. The van der Waals surface area contributed by atoms with Crippen LogP contribution in [0.25, 0.3) is 0 Å². The molecule has 1 heterocycles. The first-order valence-electron chi connectivity index (χ1n) is 9.22. The minimum absolute atomic E-state index is 0.214. The van der Waals surface area contributed by atoms with E-state index in [1.807, 2.05) is 24.3 Å². The summed E-state index contributed by atoms with van der Waals surface area (Å²) in [5.41, 5.74) is 2.58. The van der Waals surface area contributed by atoms with Gasteiger partial charge in [-0.15, -0.1) is 0 Å².